The fourth-order valence-electron chi connectivity index (χ4n) is 2.78. The highest BCUT2D eigenvalue weighted by atomic mass is 32.2. The van der Waals surface area contributed by atoms with Crippen LogP contribution in [0.2, 0.25) is 0 Å². The van der Waals surface area contributed by atoms with Gasteiger partial charge in [0, 0.05) is 11.1 Å². The van der Waals surface area contributed by atoms with Crippen molar-refractivity contribution >= 4 is 10.3 Å². The minimum atomic E-state index is -3.76. The van der Waals surface area contributed by atoms with Crippen molar-refractivity contribution in [3.8, 4) is 16.9 Å². The van der Waals surface area contributed by atoms with Crippen molar-refractivity contribution in [2.75, 3.05) is 0 Å². The van der Waals surface area contributed by atoms with Gasteiger partial charge in [-0.2, -0.15) is 13.1 Å². The van der Waals surface area contributed by atoms with Crippen molar-refractivity contribution in [1.29, 1.82) is 0 Å². The lowest BCUT2D eigenvalue weighted by Crippen LogP contribution is -2.35. The molecule has 1 aliphatic rings. The van der Waals surface area contributed by atoms with Gasteiger partial charge >= 0.3 is 10.3 Å². The lowest BCUT2D eigenvalue weighted by atomic mass is 9.86. The highest BCUT2D eigenvalue weighted by molar-refractivity contribution is 7.85. The number of benzene rings is 2. The van der Waals surface area contributed by atoms with Gasteiger partial charge in [0.05, 0.1) is 6.04 Å². The van der Waals surface area contributed by atoms with E-state index in [1.165, 1.54) is 5.56 Å². The van der Waals surface area contributed by atoms with E-state index in [-0.39, 0.29) is 11.5 Å². The van der Waals surface area contributed by atoms with E-state index < -0.39 is 10.3 Å². The van der Waals surface area contributed by atoms with Gasteiger partial charge in [-0.05, 0) is 23.5 Å². The third kappa shape index (κ3) is 3.12. The Morgan fingerprint density at radius 3 is 2.30 bits per heavy atom. The Hall–Kier alpha value is -1.85. The second-order valence-corrected chi connectivity index (χ2v) is 8.24. The Labute approximate surface area is 137 Å². The summed E-state index contributed by atoms with van der Waals surface area (Å²) in [6.45, 7) is 8.30. The molecule has 0 bridgehead atoms. The molecule has 1 heterocycles. The monoisotopic (exact) mass is 331 g/mol. The van der Waals surface area contributed by atoms with Gasteiger partial charge in [0.15, 0.2) is 5.75 Å². The van der Waals surface area contributed by atoms with E-state index in [0.29, 0.717) is 5.75 Å². The van der Waals surface area contributed by atoms with E-state index in [4.69, 9.17) is 4.18 Å². The summed E-state index contributed by atoms with van der Waals surface area (Å²) in [6.07, 6.45) is 0. The van der Waals surface area contributed by atoms with Crippen molar-refractivity contribution in [1.82, 2.24) is 4.72 Å². The Morgan fingerprint density at radius 2 is 1.70 bits per heavy atom. The van der Waals surface area contributed by atoms with Crippen molar-refractivity contribution in [2.24, 2.45) is 0 Å². The second kappa shape index (κ2) is 5.35. The van der Waals surface area contributed by atoms with Crippen molar-refractivity contribution < 1.29 is 12.6 Å². The molecule has 1 N–H and O–H groups in total. The number of rotatable bonds is 1. The first-order chi connectivity index (χ1) is 10.7. The average molecular weight is 331 g/mol. The van der Waals surface area contributed by atoms with E-state index >= 15 is 0 Å². The summed E-state index contributed by atoms with van der Waals surface area (Å²) in [5, 5.41) is 0. The molecular formula is C18H21NO3S. The zero-order valence-electron chi connectivity index (χ0n) is 13.8. The lowest BCUT2D eigenvalue weighted by Gasteiger charge is -2.25. The Bertz CT molecular complexity index is 834. The zero-order chi connectivity index (χ0) is 16.8. The molecule has 2 aromatic rings. The molecule has 0 saturated heterocycles. The van der Waals surface area contributed by atoms with E-state index in [1.807, 2.05) is 37.3 Å². The summed E-state index contributed by atoms with van der Waals surface area (Å²) in [7, 11) is -3.76. The van der Waals surface area contributed by atoms with Gasteiger partial charge in [0.2, 0.25) is 0 Å². The summed E-state index contributed by atoms with van der Waals surface area (Å²) >= 11 is 0. The number of para-hydroxylation sites is 1. The highest BCUT2D eigenvalue weighted by Crippen LogP contribution is 2.40. The third-order valence-electron chi connectivity index (χ3n) is 4.09. The van der Waals surface area contributed by atoms with Crippen LogP contribution in [0.4, 0.5) is 0 Å². The maximum Gasteiger partial charge on any atom is 0.383 e. The SMILES string of the molecule is CC1NS(=O)(=O)Oc2c(-c3ccc(C(C)(C)C)cc3)cccc21. The molecule has 0 radical (unpaired) electrons. The standard InChI is InChI=1S/C18H21NO3S/c1-12-15-6-5-7-16(17(15)22-23(20,21)19-12)13-8-10-14(11-9-13)18(2,3)4/h5-12,19H,1-4H3. The van der Waals surface area contributed by atoms with Gasteiger partial charge < -0.3 is 4.18 Å². The van der Waals surface area contributed by atoms with E-state index in [0.717, 1.165) is 16.7 Å². The quantitative estimate of drug-likeness (QED) is 0.861. The zero-order valence-corrected chi connectivity index (χ0v) is 14.6. The smallest absolute Gasteiger partial charge is 0.370 e. The summed E-state index contributed by atoms with van der Waals surface area (Å²) in [4.78, 5) is 0. The van der Waals surface area contributed by atoms with E-state index in [1.54, 1.807) is 0 Å². The Balaban J connectivity index is 2.10. The van der Waals surface area contributed by atoms with Gasteiger partial charge in [-0.1, -0.05) is 63.2 Å². The summed E-state index contributed by atoms with van der Waals surface area (Å²) in [5.41, 5.74) is 3.89. The van der Waals surface area contributed by atoms with Gasteiger partial charge in [-0.15, -0.1) is 0 Å². The number of nitrogens with one attached hydrogen (secondary N) is 1. The van der Waals surface area contributed by atoms with Gasteiger partial charge in [0.1, 0.15) is 0 Å². The van der Waals surface area contributed by atoms with Crippen LogP contribution in [0.1, 0.15) is 44.9 Å². The molecule has 1 aliphatic heterocycles. The van der Waals surface area contributed by atoms with Crippen LogP contribution in [0.15, 0.2) is 42.5 Å². The minimum Gasteiger partial charge on any atom is -0.370 e. The molecule has 0 amide bonds. The minimum absolute atomic E-state index is 0.0763. The fourth-order valence-corrected chi connectivity index (χ4v) is 3.79. The molecule has 122 valence electrons. The van der Waals surface area contributed by atoms with E-state index in [9.17, 15) is 8.42 Å². The predicted octanol–water partition coefficient (Wildman–Crippen LogP) is 3.94. The summed E-state index contributed by atoms with van der Waals surface area (Å²) in [6, 6.07) is 13.6. The number of hydrogen-bond donors (Lipinski definition) is 1. The predicted molar refractivity (Wildman–Crippen MR) is 91.7 cm³/mol. The molecule has 1 atom stereocenters. The first kappa shape index (κ1) is 16.0. The molecular weight excluding hydrogens is 310 g/mol. The Kier molecular flexibility index (Phi) is 3.73. The molecule has 0 spiro atoms. The van der Waals surface area contributed by atoms with Crippen LogP contribution >= 0.6 is 0 Å². The molecule has 2 aromatic carbocycles. The topological polar surface area (TPSA) is 55.4 Å². The maximum absolute atomic E-state index is 11.9. The first-order valence-corrected chi connectivity index (χ1v) is 9.04. The van der Waals surface area contributed by atoms with E-state index in [2.05, 4.69) is 37.6 Å². The summed E-state index contributed by atoms with van der Waals surface area (Å²) in [5.74, 6) is 0.419. The molecule has 5 heteroatoms. The first-order valence-electron chi connectivity index (χ1n) is 7.63. The molecule has 0 saturated carbocycles. The molecule has 0 fully saturated rings. The number of hydrogen-bond acceptors (Lipinski definition) is 3. The highest BCUT2D eigenvalue weighted by Gasteiger charge is 2.29. The second-order valence-electron chi connectivity index (χ2n) is 6.93. The Morgan fingerprint density at radius 1 is 1.04 bits per heavy atom. The molecule has 0 aromatic heterocycles. The largest absolute Gasteiger partial charge is 0.383 e. The summed E-state index contributed by atoms with van der Waals surface area (Å²) < 4.78 is 31.4. The number of fused-ring (bicyclic) bond motifs is 1. The molecule has 23 heavy (non-hydrogen) atoms. The van der Waals surface area contributed by atoms with Crippen LogP contribution in [0.5, 0.6) is 5.75 Å². The van der Waals surface area contributed by atoms with Crippen LogP contribution < -0.4 is 8.91 Å². The van der Waals surface area contributed by atoms with Crippen LogP contribution in [0, 0.1) is 0 Å². The molecule has 1 unspecified atom stereocenters. The van der Waals surface area contributed by atoms with Gasteiger partial charge in [-0.3, -0.25) is 0 Å². The van der Waals surface area contributed by atoms with Crippen LogP contribution in [0.25, 0.3) is 11.1 Å². The lowest BCUT2D eigenvalue weighted by molar-refractivity contribution is 0.437. The van der Waals surface area contributed by atoms with Crippen LogP contribution in [0.3, 0.4) is 0 Å². The third-order valence-corrected chi connectivity index (χ3v) is 5.12. The van der Waals surface area contributed by atoms with Gasteiger partial charge in [-0.25, -0.2) is 0 Å². The van der Waals surface area contributed by atoms with Crippen molar-refractivity contribution in [3.63, 3.8) is 0 Å². The van der Waals surface area contributed by atoms with Crippen molar-refractivity contribution in [2.45, 2.75) is 39.2 Å². The average Bonchev–Trinajstić information content (AvgIpc) is 2.45. The van der Waals surface area contributed by atoms with Gasteiger partial charge in [0.25, 0.3) is 0 Å². The molecule has 0 aliphatic carbocycles. The van der Waals surface area contributed by atoms with Crippen LogP contribution in [-0.2, 0) is 15.7 Å². The normalized spacial score (nSPS) is 19.7. The van der Waals surface area contributed by atoms with Crippen molar-refractivity contribution in [3.05, 3.63) is 53.6 Å². The molecule has 3 rings (SSSR count). The fraction of sp³-hybridized carbons (Fsp3) is 0.333. The van der Waals surface area contributed by atoms with Crippen LogP contribution in [-0.4, -0.2) is 8.42 Å². The maximum atomic E-state index is 11.9. The molecule has 4 nitrogen and oxygen atoms in total.